The number of fused-ring (bicyclic) bond motifs is 1. The van der Waals surface area contributed by atoms with E-state index in [9.17, 15) is 9.50 Å². The molecule has 0 aliphatic carbocycles. The summed E-state index contributed by atoms with van der Waals surface area (Å²) in [7, 11) is 0. The van der Waals surface area contributed by atoms with Crippen molar-refractivity contribution in [3.63, 3.8) is 0 Å². The lowest BCUT2D eigenvalue weighted by atomic mass is 9.99. The van der Waals surface area contributed by atoms with Crippen molar-refractivity contribution in [1.82, 2.24) is 0 Å². The van der Waals surface area contributed by atoms with E-state index in [-0.39, 0.29) is 12.4 Å². The maximum absolute atomic E-state index is 12.9. The second kappa shape index (κ2) is 4.16. The molecule has 0 amide bonds. The van der Waals surface area contributed by atoms with E-state index < -0.39 is 12.2 Å². The molecule has 2 rings (SSSR count). The summed E-state index contributed by atoms with van der Waals surface area (Å²) in [6.45, 7) is -0.318. The molecule has 0 spiro atoms. The van der Waals surface area contributed by atoms with Crippen molar-refractivity contribution in [2.24, 2.45) is 0 Å². The van der Waals surface area contributed by atoms with Crippen LogP contribution in [0.5, 0.6) is 5.75 Å². The first-order chi connectivity index (χ1) is 7.20. The molecule has 1 unspecified atom stereocenters. The van der Waals surface area contributed by atoms with E-state index in [0.29, 0.717) is 18.6 Å². The van der Waals surface area contributed by atoms with Crippen LogP contribution in [0.2, 0.25) is 0 Å². The Balaban J connectivity index is 2.16. The van der Waals surface area contributed by atoms with Gasteiger partial charge in [-0.25, -0.2) is 4.39 Å². The molecule has 4 heteroatoms. The molecule has 2 atom stereocenters. The minimum Gasteiger partial charge on any atom is -0.487 e. The number of hydrogen-bond acceptors (Lipinski definition) is 3. The predicted octanol–water partition coefficient (Wildman–Crippen LogP) is 0.872. The summed E-state index contributed by atoms with van der Waals surface area (Å²) < 4.78 is 18.3. The van der Waals surface area contributed by atoms with Crippen molar-refractivity contribution in [3.05, 3.63) is 29.6 Å². The number of aliphatic hydroxyl groups excluding tert-OH is 2. The number of ether oxygens (including phenoxy) is 1. The van der Waals surface area contributed by atoms with Gasteiger partial charge in [-0.1, -0.05) is 0 Å². The van der Waals surface area contributed by atoms with Crippen molar-refractivity contribution in [2.75, 3.05) is 6.61 Å². The average molecular weight is 212 g/mol. The van der Waals surface area contributed by atoms with Crippen LogP contribution >= 0.6 is 0 Å². The van der Waals surface area contributed by atoms with Crippen molar-refractivity contribution >= 4 is 0 Å². The van der Waals surface area contributed by atoms with Crippen LogP contribution < -0.4 is 4.74 Å². The van der Waals surface area contributed by atoms with Gasteiger partial charge in [-0.15, -0.1) is 0 Å². The van der Waals surface area contributed by atoms with E-state index in [2.05, 4.69) is 0 Å². The van der Waals surface area contributed by atoms with Crippen LogP contribution in [-0.2, 0) is 6.42 Å². The summed E-state index contributed by atoms with van der Waals surface area (Å²) in [5.41, 5.74) is 0.816. The van der Waals surface area contributed by atoms with Crippen molar-refractivity contribution < 1.29 is 19.3 Å². The third-order valence-electron chi connectivity index (χ3n) is 2.62. The second-order valence-corrected chi connectivity index (χ2v) is 3.70. The number of halogens is 1. The number of aliphatic hydroxyl groups is 2. The van der Waals surface area contributed by atoms with Gasteiger partial charge in [-0.3, -0.25) is 0 Å². The second-order valence-electron chi connectivity index (χ2n) is 3.70. The Bertz CT molecular complexity index is 354. The minimum absolute atomic E-state index is 0.279. The lowest BCUT2D eigenvalue weighted by molar-refractivity contribution is -0.00965. The van der Waals surface area contributed by atoms with Gasteiger partial charge in [-0.05, 0) is 36.6 Å². The van der Waals surface area contributed by atoms with Crippen molar-refractivity contribution in [1.29, 1.82) is 0 Å². The largest absolute Gasteiger partial charge is 0.487 e. The van der Waals surface area contributed by atoms with Gasteiger partial charge in [0, 0.05) is 0 Å². The third-order valence-corrected chi connectivity index (χ3v) is 2.62. The Morgan fingerprint density at radius 1 is 1.53 bits per heavy atom. The molecule has 82 valence electrons. The van der Waals surface area contributed by atoms with Gasteiger partial charge >= 0.3 is 0 Å². The van der Waals surface area contributed by atoms with E-state index in [1.807, 2.05) is 0 Å². The molecule has 1 aliphatic rings. The molecular weight excluding hydrogens is 199 g/mol. The predicted molar refractivity (Wildman–Crippen MR) is 52.2 cm³/mol. The Labute approximate surface area is 87.1 Å². The van der Waals surface area contributed by atoms with Crippen LogP contribution in [0.4, 0.5) is 4.39 Å². The topological polar surface area (TPSA) is 49.7 Å². The molecule has 1 heterocycles. The van der Waals surface area contributed by atoms with E-state index in [4.69, 9.17) is 9.84 Å². The smallest absolute Gasteiger partial charge is 0.127 e. The Hall–Kier alpha value is -1.13. The summed E-state index contributed by atoms with van der Waals surface area (Å²) in [4.78, 5) is 0. The number of benzene rings is 1. The highest BCUT2D eigenvalue weighted by Gasteiger charge is 2.25. The SMILES string of the molecule is OCC(O)[C@H]1CCc2cc(F)ccc2O1. The number of hydrogen-bond donors (Lipinski definition) is 2. The van der Waals surface area contributed by atoms with Crippen LogP contribution in [0, 0.1) is 5.82 Å². The van der Waals surface area contributed by atoms with Crippen LogP contribution in [0.3, 0.4) is 0 Å². The molecule has 0 radical (unpaired) electrons. The van der Waals surface area contributed by atoms with Crippen LogP contribution in [-0.4, -0.2) is 29.0 Å². The first-order valence-corrected chi connectivity index (χ1v) is 4.94. The fraction of sp³-hybridized carbons (Fsp3) is 0.455. The third kappa shape index (κ3) is 2.11. The molecule has 0 saturated heterocycles. The first-order valence-electron chi connectivity index (χ1n) is 4.94. The standard InChI is InChI=1S/C11H13FO3/c12-8-2-4-10-7(5-8)1-3-11(15-10)9(14)6-13/h2,4-5,9,11,13-14H,1,3,6H2/t9?,11-/m1/s1. The lowest BCUT2D eigenvalue weighted by Crippen LogP contribution is -2.37. The molecule has 1 aromatic carbocycles. The van der Waals surface area contributed by atoms with Gasteiger partial charge in [0.15, 0.2) is 0 Å². The van der Waals surface area contributed by atoms with Crippen molar-refractivity contribution in [3.8, 4) is 5.75 Å². The molecule has 0 fully saturated rings. The molecule has 0 aromatic heterocycles. The highest BCUT2D eigenvalue weighted by molar-refractivity contribution is 5.35. The molecule has 1 aromatic rings. The highest BCUT2D eigenvalue weighted by Crippen LogP contribution is 2.29. The fourth-order valence-electron chi connectivity index (χ4n) is 1.77. The van der Waals surface area contributed by atoms with Gasteiger partial charge in [0.05, 0.1) is 6.61 Å². The first kappa shape index (κ1) is 10.4. The summed E-state index contributed by atoms with van der Waals surface area (Å²) >= 11 is 0. The van der Waals surface area contributed by atoms with Gasteiger partial charge in [-0.2, -0.15) is 0 Å². The Morgan fingerprint density at radius 3 is 3.07 bits per heavy atom. The lowest BCUT2D eigenvalue weighted by Gasteiger charge is -2.28. The zero-order valence-corrected chi connectivity index (χ0v) is 8.19. The number of aryl methyl sites for hydroxylation is 1. The summed E-state index contributed by atoms with van der Waals surface area (Å²) in [5, 5.41) is 18.2. The van der Waals surface area contributed by atoms with Crippen LogP contribution in [0.15, 0.2) is 18.2 Å². The average Bonchev–Trinajstić information content (AvgIpc) is 2.27. The minimum atomic E-state index is -0.872. The molecule has 1 aliphatic heterocycles. The molecule has 2 N–H and O–H groups in total. The maximum atomic E-state index is 12.9. The van der Waals surface area contributed by atoms with Gasteiger partial charge in [0.1, 0.15) is 23.8 Å². The molecule has 3 nitrogen and oxygen atoms in total. The highest BCUT2D eigenvalue weighted by atomic mass is 19.1. The van der Waals surface area contributed by atoms with Crippen LogP contribution in [0.25, 0.3) is 0 Å². The Kier molecular flexibility index (Phi) is 2.88. The monoisotopic (exact) mass is 212 g/mol. The van der Waals surface area contributed by atoms with E-state index in [1.54, 1.807) is 6.07 Å². The van der Waals surface area contributed by atoms with Gasteiger partial charge < -0.3 is 14.9 Å². The zero-order chi connectivity index (χ0) is 10.8. The maximum Gasteiger partial charge on any atom is 0.127 e. The summed E-state index contributed by atoms with van der Waals surface area (Å²) in [6.07, 6.45) is -0.0105. The zero-order valence-electron chi connectivity index (χ0n) is 8.19. The van der Waals surface area contributed by atoms with Crippen LogP contribution in [0.1, 0.15) is 12.0 Å². The van der Waals surface area contributed by atoms with E-state index >= 15 is 0 Å². The molecule has 0 saturated carbocycles. The molecular formula is C11H13FO3. The number of rotatable bonds is 2. The molecule has 15 heavy (non-hydrogen) atoms. The van der Waals surface area contributed by atoms with E-state index in [0.717, 1.165) is 5.56 Å². The summed E-state index contributed by atoms with van der Waals surface area (Å²) in [5.74, 6) is 0.318. The fourth-order valence-corrected chi connectivity index (χ4v) is 1.77. The van der Waals surface area contributed by atoms with Gasteiger partial charge in [0.25, 0.3) is 0 Å². The van der Waals surface area contributed by atoms with Gasteiger partial charge in [0.2, 0.25) is 0 Å². The summed E-state index contributed by atoms with van der Waals surface area (Å²) in [6, 6.07) is 4.32. The van der Waals surface area contributed by atoms with E-state index in [1.165, 1.54) is 12.1 Å². The Morgan fingerprint density at radius 2 is 2.33 bits per heavy atom. The quantitative estimate of drug-likeness (QED) is 0.764. The normalized spacial score (nSPS) is 21.7. The van der Waals surface area contributed by atoms with Crippen molar-refractivity contribution in [2.45, 2.75) is 25.0 Å². The molecule has 0 bridgehead atoms.